The van der Waals surface area contributed by atoms with Crippen LogP contribution in [0, 0.1) is 20.8 Å². The Bertz CT molecular complexity index is 2900. The molecule has 0 atom stereocenters. The van der Waals surface area contributed by atoms with Crippen molar-refractivity contribution >= 4 is 28.0 Å². The number of para-hydroxylation sites is 4. The highest BCUT2D eigenvalue weighted by molar-refractivity contribution is 5.89. The lowest BCUT2D eigenvalue weighted by Crippen LogP contribution is -2.38. The van der Waals surface area contributed by atoms with Crippen LogP contribution in [0.25, 0.3) is 33.3 Å². The van der Waals surface area contributed by atoms with Crippen LogP contribution >= 0.6 is 0 Å². The third-order valence-corrected chi connectivity index (χ3v) is 11.4. The molecule has 1 aliphatic rings. The number of anilines is 3. The normalized spacial score (nSPS) is 12.8. The first-order valence-corrected chi connectivity index (χ1v) is 19.8. The van der Waals surface area contributed by atoms with Crippen LogP contribution < -0.4 is 9.64 Å². The van der Waals surface area contributed by atoms with Crippen molar-refractivity contribution in [3.63, 3.8) is 0 Å². The lowest BCUT2D eigenvalue weighted by atomic mass is 9.64. The van der Waals surface area contributed by atoms with E-state index in [1.54, 1.807) is 0 Å². The summed E-state index contributed by atoms with van der Waals surface area (Å²) in [6.07, 6.45) is 1.90. The van der Waals surface area contributed by atoms with Gasteiger partial charge >= 0.3 is 0 Å². The van der Waals surface area contributed by atoms with Gasteiger partial charge in [-0.15, -0.1) is 0 Å². The van der Waals surface area contributed by atoms with Crippen LogP contribution in [0.2, 0.25) is 0 Å². The first-order chi connectivity index (χ1) is 28.5. The number of hydrogen-bond acceptors (Lipinski definition) is 4. The Labute approximate surface area is 339 Å². The minimum Gasteiger partial charge on any atom is -0.457 e. The molecule has 0 amide bonds. The second-order valence-corrected chi connectivity index (χ2v) is 15.2. The number of aromatic nitrogens is 2. The molecule has 9 aromatic rings. The lowest BCUT2D eigenvalue weighted by molar-refractivity contribution is 0.481. The second-order valence-electron chi connectivity index (χ2n) is 15.2. The molecule has 7 aromatic carbocycles. The Kier molecular flexibility index (Phi) is 8.68. The number of fused-ring (bicyclic) bond motifs is 3. The Morgan fingerprint density at radius 3 is 1.93 bits per heavy atom. The SMILES string of the molecule is Cc1cc(C)c(-c2cc(Oc3cccc(C4(c5ccccn5)c5ccccc5N(c5ccccc5)c5ccccc54)c3)cc(-c3ccc4ccccc4n3)c2)c(C)c1. The molecule has 0 unspecified atom stereocenters. The quantitative estimate of drug-likeness (QED) is 0.163. The third kappa shape index (κ3) is 5.93. The average Bonchev–Trinajstić information content (AvgIpc) is 3.25. The molecule has 0 bridgehead atoms. The fourth-order valence-corrected chi connectivity index (χ4v) is 9.16. The van der Waals surface area contributed by atoms with Crippen molar-refractivity contribution in [1.82, 2.24) is 9.97 Å². The van der Waals surface area contributed by atoms with Gasteiger partial charge in [-0.2, -0.15) is 0 Å². The smallest absolute Gasteiger partial charge is 0.128 e. The summed E-state index contributed by atoms with van der Waals surface area (Å²) >= 11 is 0. The van der Waals surface area contributed by atoms with Crippen LogP contribution in [0.1, 0.15) is 39.1 Å². The highest BCUT2D eigenvalue weighted by Gasteiger charge is 2.47. The van der Waals surface area contributed by atoms with Crippen LogP contribution in [0.15, 0.2) is 194 Å². The van der Waals surface area contributed by atoms with Crippen LogP contribution in [0.4, 0.5) is 17.1 Å². The first kappa shape index (κ1) is 35.1. The summed E-state index contributed by atoms with van der Waals surface area (Å²) in [5.74, 6) is 1.48. The fraction of sp³-hybridized carbons (Fsp3) is 0.0741. The maximum absolute atomic E-state index is 7.01. The standard InChI is InChI=1S/C54H41N3O/c1-36-30-37(2)53(38(3)31-36)41-32-40(49-28-27-39-16-7-10-23-48(39)56-49)33-45(34-41)58-44-20-15-17-42(35-44)54(52-26-13-14-29-55-52)46-21-8-11-24-50(46)57(43-18-5-4-6-19-43)51-25-12-9-22-47(51)54/h4-35H,1-3H3. The number of hydrogen-bond donors (Lipinski definition) is 0. The number of nitrogens with zero attached hydrogens (tertiary/aromatic N) is 3. The van der Waals surface area contributed by atoms with Crippen molar-refractivity contribution in [3.05, 3.63) is 233 Å². The molecule has 4 nitrogen and oxygen atoms in total. The van der Waals surface area contributed by atoms with Gasteiger partial charge in [0, 0.05) is 22.8 Å². The van der Waals surface area contributed by atoms with Crippen molar-refractivity contribution < 1.29 is 4.74 Å². The first-order valence-electron chi connectivity index (χ1n) is 19.8. The summed E-state index contributed by atoms with van der Waals surface area (Å²) in [6.45, 7) is 6.53. The predicted molar refractivity (Wildman–Crippen MR) is 238 cm³/mol. The Morgan fingerprint density at radius 1 is 0.517 bits per heavy atom. The van der Waals surface area contributed by atoms with Crippen LogP contribution in [-0.2, 0) is 5.41 Å². The molecule has 0 radical (unpaired) electrons. The largest absolute Gasteiger partial charge is 0.457 e. The van der Waals surface area contributed by atoms with Crippen molar-refractivity contribution in [1.29, 1.82) is 0 Å². The van der Waals surface area contributed by atoms with Gasteiger partial charge in [-0.25, -0.2) is 4.98 Å². The summed E-state index contributed by atoms with van der Waals surface area (Å²) in [5.41, 5.74) is 15.7. The molecule has 0 saturated heterocycles. The summed E-state index contributed by atoms with van der Waals surface area (Å²) < 4.78 is 7.01. The molecule has 0 N–H and O–H groups in total. The summed E-state index contributed by atoms with van der Waals surface area (Å²) in [5, 5.41) is 1.11. The van der Waals surface area contributed by atoms with Crippen molar-refractivity contribution in [2.24, 2.45) is 0 Å². The maximum atomic E-state index is 7.01. The van der Waals surface area contributed by atoms with Gasteiger partial charge in [0.25, 0.3) is 0 Å². The van der Waals surface area contributed by atoms with E-state index in [9.17, 15) is 0 Å². The minimum absolute atomic E-state index is 0.736. The highest BCUT2D eigenvalue weighted by Crippen LogP contribution is 2.57. The molecule has 4 heteroatoms. The van der Waals surface area contributed by atoms with E-state index in [1.165, 1.54) is 22.3 Å². The Hall–Kier alpha value is -7.30. The monoisotopic (exact) mass is 747 g/mol. The molecule has 0 spiro atoms. The van der Waals surface area contributed by atoms with E-state index >= 15 is 0 Å². The predicted octanol–water partition coefficient (Wildman–Crippen LogP) is 13.8. The second kappa shape index (κ2) is 14.3. The minimum atomic E-state index is -0.753. The van der Waals surface area contributed by atoms with Gasteiger partial charge in [-0.1, -0.05) is 115 Å². The Morgan fingerprint density at radius 2 is 1.19 bits per heavy atom. The van der Waals surface area contributed by atoms with Gasteiger partial charge in [-0.3, -0.25) is 4.98 Å². The van der Waals surface area contributed by atoms with E-state index in [4.69, 9.17) is 14.7 Å². The molecular weight excluding hydrogens is 707 g/mol. The number of benzene rings is 7. The van der Waals surface area contributed by atoms with Gasteiger partial charge in [0.05, 0.1) is 33.7 Å². The van der Waals surface area contributed by atoms with Crippen LogP contribution in [-0.4, -0.2) is 9.97 Å². The molecule has 0 fully saturated rings. The summed E-state index contributed by atoms with van der Waals surface area (Å²) in [6, 6.07) is 66.4. The number of rotatable bonds is 7. The van der Waals surface area contributed by atoms with Crippen LogP contribution in [0.3, 0.4) is 0 Å². The number of ether oxygens (including phenoxy) is 1. The molecule has 10 rings (SSSR count). The third-order valence-electron chi connectivity index (χ3n) is 11.4. The molecule has 0 aliphatic carbocycles. The van der Waals surface area contributed by atoms with E-state index in [0.29, 0.717) is 0 Å². The summed E-state index contributed by atoms with van der Waals surface area (Å²) in [7, 11) is 0. The molecule has 3 heterocycles. The van der Waals surface area contributed by atoms with E-state index in [-0.39, 0.29) is 0 Å². The molecule has 278 valence electrons. The van der Waals surface area contributed by atoms with Gasteiger partial charge in [0.2, 0.25) is 0 Å². The lowest BCUT2D eigenvalue weighted by Gasteiger charge is -2.45. The molecule has 0 saturated carbocycles. The van der Waals surface area contributed by atoms with E-state index in [0.717, 1.165) is 78.7 Å². The van der Waals surface area contributed by atoms with E-state index in [1.807, 2.05) is 18.3 Å². The van der Waals surface area contributed by atoms with E-state index in [2.05, 4.69) is 202 Å². The van der Waals surface area contributed by atoms with Gasteiger partial charge in [-0.05, 0) is 139 Å². The zero-order chi connectivity index (χ0) is 39.2. The van der Waals surface area contributed by atoms with Crippen molar-refractivity contribution in [2.45, 2.75) is 26.2 Å². The van der Waals surface area contributed by atoms with Gasteiger partial charge in [0.1, 0.15) is 11.5 Å². The highest BCUT2D eigenvalue weighted by atomic mass is 16.5. The van der Waals surface area contributed by atoms with Crippen molar-refractivity contribution in [3.8, 4) is 33.9 Å². The number of pyridine rings is 2. The van der Waals surface area contributed by atoms with Crippen LogP contribution in [0.5, 0.6) is 11.5 Å². The molecule has 2 aromatic heterocycles. The molecule has 1 aliphatic heterocycles. The average molecular weight is 748 g/mol. The zero-order valence-corrected chi connectivity index (χ0v) is 32.7. The molecule has 58 heavy (non-hydrogen) atoms. The zero-order valence-electron chi connectivity index (χ0n) is 32.7. The Balaban J connectivity index is 1.16. The maximum Gasteiger partial charge on any atom is 0.128 e. The topological polar surface area (TPSA) is 38.2 Å². The van der Waals surface area contributed by atoms with E-state index < -0.39 is 5.41 Å². The number of aryl methyl sites for hydroxylation is 3. The summed E-state index contributed by atoms with van der Waals surface area (Å²) in [4.78, 5) is 12.6. The van der Waals surface area contributed by atoms with Gasteiger partial charge < -0.3 is 9.64 Å². The van der Waals surface area contributed by atoms with Gasteiger partial charge in [0.15, 0.2) is 0 Å². The van der Waals surface area contributed by atoms with Crippen molar-refractivity contribution in [2.75, 3.05) is 4.90 Å². The molecular formula is C54H41N3O. The fourth-order valence-electron chi connectivity index (χ4n) is 9.16.